The zero-order valence-electron chi connectivity index (χ0n) is 15.6. The molecule has 1 N–H and O–H groups in total. The number of nitrogens with one attached hydrogen (secondary N) is 1. The number of amides is 1. The van der Waals surface area contributed by atoms with Crippen molar-refractivity contribution in [1.82, 2.24) is 9.78 Å². The van der Waals surface area contributed by atoms with Crippen LogP contribution in [0.2, 0.25) is 5.02 Å². The third-order valence-corrected chi connectivity index (χ3v) is 6.05. The highest BCUT2D eigenvalue weighted by atomic mass is 35.5. The minimum absolute atomic E-state index is 0.0248. The van der Waals surface area contributed by atoms with Gasteiger partial charge >= 0.3 is 5.97 Å². The summed E-state index contributed by atoms with van der Waals surface area (Å²) in [6, 6.07) is 6.53. The van der Waals surface area contributed by atoms with Crippen molar-refractivity contribution in [3.05, 3.63) is 50.7 Å². The van der Waals surface area contributed by atoms with Crippen LogP contribution >= 0.6 is 22.9 Å². The summed E-state index contributed by atoms with van der Waals surface area (Å²) in [4.78, 5) is 38.2. The van der Waals surface area contributed by atoms with Gasteiger partial charge in [-0.3, -0.25) is 9.59 Å². The van der Waals surface area contributed by atoms with Crippen molar-refractivity contribution >= 4 is 50.6 Å². The Labute approximate surface area is 175 Å². The van der Waals surface area contributed by atoms with Gasteiger partial charge in [0.15, 0.2) is 5.69 Å². The Balaban J connectivity index is 1.88. The number of benzene rings is 1. The van der Waals surface area contributed by atoms with Crippen LogP contribution in [0, 0.1) is 5.92 Å². The molecule has 2 heterocycles. The monoisotopic (exact) mass is 431 g/mol. The highest BCUT2D eigenvalue weighted by Crippen LogP contribution is 2.33. The summed E-state index contributed by atoms with van der Waals surface area (Å²) in [6.07, 6.45) is 2.73. The van der Waals surface area contributed by atoms with E-state index in [9.17, 15) is 14.4 Å². The maximum atomic E-state index is 13.2. The van der Waals surface area contributed by atoms with E-state index < -0.39 is 11.5 Å². The van der Waals surface area contributed by atoms with Crippen molar-refractivity contribution in [2.24, 2.45) is 5.92 Å². The van der Waals surface area contributed by atoms with Gasteiger partial charge < -0.3 is 10.1 Å². The highest BCUT2D eigenvalue weighted by molar-refractivity contribution is 7.16. The van der Waals surface area contributed by atoms with E-state index in [0.29, 0.717) is 21.1 Å². The zero-order valence-corrected chi connectivity index (χ0v) is 17.2. The van der Waals surface area contributed by atoms with E-state index in [1.165, 1.54) is 11.3 Å². The first-order chi connectivity index (χ1) is 14.0. The predicted molar refractivity (Wildman–Crippen MR) is 112 cm³/mol. The summed E-state index contributed by atoms with van der Waals surface area (Å²) in [5.74, 6) is -0.765. The Morgan fingerprint density at radius 2 is 2.03 bits per heavy atom. The van der Waals surface area contributed by atoms with E-state index >= 15 is 0 Å². The van der Waals surface area contributed by atoms with Gasteiger partial charge in [-0.15, -0.1) is 11.3 Å². The lowest BCUT2D eigenvalue weighted by Crippen LogP contribution is -2.29. The van der Waals surface area contributed by atoms with Gasteiger partial charge in [-0.05, 0) is 44.0 Å². The van der Waals surface area contributed by atoms with Crippen molar-refractivity contribution in [1.29, 1.82) is 0 Å². The number of carbonyl (C=O) groups is 2. The fourth-order valence-electron chi connectivity index (χ4n) is 3.13. The molecule has 1 fully saturated rings. The lowest BCUT2D eigenvalue weighted by atomic mass is 9.85. The molecule has 0 bridgehead atoms. The van der Waals surface area contributed by atoms with Gasteiger partial charge in [-0.2, -0.15) is 9.78 Å². The van der Waals surface area contributed by atoms with Crippen LogP contribution in [0.5, 0.6) is 0 Å². The number of esters is 1. The van der Waals surface area contributed by atoms with Crippen LogP contribution in [-0.4, -0.2) is 28.3 Å². The average molecular weight is 432 g/mol. The second-order valence-corrected chi connectivity index (χ2v) is 8.05. The topological polar surface area (TPSA) is 90.3 Å². The molecule has 29 heavy (non-hydrogen) atoms. The Bertz CT molecular complexity index is 1150. The van der Waals surface area contributed by atoms with E-state index in [-0.39, 0.29) is 29.5 Å². The van der Waals surface area contributed by atoms with Gasteiger partial charge in [0.1, 0.15) is 5.00 Å². The number of aromatic nitrogens is 2. The normalized spacial score (nSPS) is 13.9. The van der Waals surface area contributed by atoms with Gasteiger partial charge in [-0.1, -0.05) is 18.0 Å². The maximum absolute atomic E-state index is 13.2. The van der Waals surface area contributed by atoms with Crippen molar-refractivity contribution in [2.45, 2.75) is 26.2 Å². The van der Waals surface area contributed by atoms with Crippen LogP contribution in [-0.2, 0) is 9.53 Å². The van der Waals surface area contributed by atoms with Gasteiger partial charge in [-0.25, -0.2) is 4.79 Å². The number of anilines is 1. The predicted octanol–water partition coefficient (Wildman–Crippen LogP) is 4.02. The van der Waals surface area contributed by atoms with E-state index in [2.05, 4.69) is 10.4 Å². The van der Waals surface area contributed by atoms with E-state index in [0.717, 1.165) is 23.9 Å². The van der Waals surface area contributed by atoms with E-state index in [4.69, 9.17) is 16.3 Å². The molecule has 1 aliphatic carbocycles. The summed E-state index contributed by atoms with van der Waals surface area (Å²) in [6.45, 7) is 1.87. The third-order valence-electron chi connectivity index (χ3n) is 4.91. The fraction of sp³-hybridized carbons (Fsp3) is 0.300. The van der Waals surface area contributed by atoms with Crippen molar-refractivity contribution in [2.75, 3.05) is 11.9 Å². The number of ether oxygens (including phenoxy) is 1. The first-order valence-corrected chi connectivity index (χ1v) is 10.5. The molecule has 1 aromatic carbocycles. The van der Waals surface area contributed by atoms with Crippen LogP contribution < -0.4 is 10.9 Å². The number of hydrogen-bond donors (Lipinski definition) is 1. The molecule has 1 saturated carbocycles. The summed E-state index contributed by atoms with van der Waals surface area (Å²) in [7, 11) is 0. The molecule has 9 heteroatoms. The Morgan fingerprint density at radius 3 is 2.66 bits per heavy atom. The molecule has 150 valence electrons. The van der Waals surface area contributed by atoms with Crippen molar-refractivity contribution in [3.63, 3.8) is 0 Å². The van der Waals surface area contributed by atoms with Crippen molar-refractivity contribution < 1.29 is 14.3 Å². The third kappa shape index (κ3) is 3.65. The van der Waals surface area contributed by atoms with Crippen LogP contribution in [0.3, 0.4) is 0 Å². The van der Waals surface area contributed by atoms with E-state index in [1.54, 1.807) is 36.6 Å². The SMILES string of the molecule is CCOC(=O)c1nn(-c2ccc(Cl)cc2)c(=O)c2c(NC(=O)C3CCC3)scc12. The number of fused-ring (bicyclic) bond motifs is 1. The second-order valence-electron chi connectivity index (χ2n) is 6.73. The van der Waals surface area contributed by atoms with Gasteiger partial charge in [0, 0.05) is 21.7 Å². The summed E-state index contributed by atoms with van der Waals surface area (Å²) in [5.41, 5.74) is 0.0478. The molecule has 0 unspecified atom stereocenters. The summed E-state index contributed by atoms with van der Waals surface area (Å²) in [5, 5.41) is 10.3. The second kappa shape index (κ2) is 7.96. The first kappa shape index (κ1) is 19.6. The summed E-state index contributed by atoms with van der Waals surface area (Å²) < 4.78 is 6.26. The number of thiophene rings is 1. The lowest BCUT2D eigenvalue weighted by Gasteiger charge is -2.23. The first-order valence-electron chi connectivity index (χ1n) is 9.28. The quantitative estimate of drug-likeness (QED) is 0.616. The lowest BCUT2D eigenvalue weighted by molar-refractivity contribution is -0.122. The molecule has 0 radical (unpaired) electrons. The molecule has 2 aromatic heterocycles. The van der Waals surface area contributed by atoms with Crippen LogP contribution in [0.4, 0.5) is 5.00 Å². The van der Waals surface area contributed by atoms with Gasteiger partial charge in [0.05, 0.1) is 17.7 Å². The highest BCUT2D eigenvalue weighted by Gasteiger charge is 2.28. The molecule has 0 atom stereocenters. The Kier molecular flexibility index (Phi) is 5.38. The molecule has 4 rings (SSSR count). The Hall–Kier alpha value is -2.71. The number of hydrogen-bond acceptors (Lipinski definition) is 6. The van der Waals surface area contributed by atoms with Gasteiger partial charge in [0.25, 0.3) is 5.56 Å². The largest absolute Gasteiger partial charge is 0.461 e. The summed E-state index contributed by atoms with van der Waals surface area (Å²) >= 11 is 7.14. The Morgan fingerprint density at radius 1 is 1.31 bits per heavy atom. The van der Waals surface area contributed by atoms with Crippen LogP contribution in [0.15, 0.2) is 34.4 Å². The van der Waals surface area contributed by atoms with Crippen LogP contribution in [0.25, 0.3) is 16.5 Å². The molecule has 1 amide bonds. The van der Waals surface area contributed by atoms with Crippen LogP contribution in [0.1, 0.15) is 36.7 Å². The van der Waals surface area contributed by atoms with Gasteiger partial charge in [0.2, 0.25) is 5.91 Å². The molecule has 3 aromatic rings. The number of nitrogens with zero attached hydrogens (tertiary/aromatic N) is 2. The maximum Gasteiger partial charge on any atom is 0.359 e. The standard InChI is InChI=1S/C20H18ClN3O4S/c1-2-28-20(27)16-14-10-29-18(22-17(25)11-4-3-5-11)15(14)19(26)24(23-16)13-8-6-12(21)7-9-13/h6-11H,2-5H2,1H3,(H,22,25). The van der Waals surface area contributed by atoms with Crippen molar-refractivity contribution in [3.8, 4) is 5.69 Å². The van der Waals surface area contributed by atoms with E-state index in [1.807, 2.05) is 0 Å². The molecule has 0 spiro atoms. The molecule has 0 aliphatic heterocycles. The molecule has 1 aliphatic rings. The molecule has 0 saturated heterocycles. The molecule has 7 nitrogen and oxygen atoms in total. The number of rotatable bonds is 5. The zero-order chi connectivity index (χ0) is 20.5. The molecular weight excluding hydrogens is 414 g/mol. The minimum atomic E-state index is -0.630. The smallest absolute Gasteiger partial charge is 0.359 e. The number of halogens is 1. The molecular formula is C20H18ClN3O4S. The minimum Gasteiger partial charge on any atom is -0.461 e. The fourth-order valence-corrected chi connectivity index (χ4v) is 4.20. The average Bonchev–Trinajstić information content (AvgIpc) is 3.06. The number of carbonyl (C=O) groups excluding carboxylic acids is 2.